The van der Waals surface area contributed by atoms with Crippen LogP contribution >= 0.6 is 11.8 Å². The molecule has 8 nitrogen and oxygen atoms in total. The predicted molar refractivity (Wildman–Crippen MR) is 147 cm³/mol. The number of thioether (sulfide) groups is 1. The molecule has 0 bridgehead atoms. The van der Waals surface area contributed by atoms with E-state index in [1.54, 1.807) is 23.1 Å². The van der Waals surface area contributed by atoms with E-state index in [0.29, 0.717) is 41.2 Å². The van der Waals surface area contributed by atoms with Gasteiger partial charge in [-0.3, -0.25) is 15.1 Å². The Hall–Kier alpha value is -4.50. The summed E-state index contributed by atoms with van der Waals surface area (Å²) in [5.74, 6) is 2.17. The minimum absolute atomic E-state index is 0.0844. The van der Waals surface area contributed by atoms with Crippen LogP contribution in [0.25, 0.3) is 11.8 Å². The van der Waals surface area contributed by atoms with Crippen molar-refractivity contribution in [1.29, 1.82) is 5.41 Å². The highest BCUT2D eigenvalue weighted by atomic mass is 32.2. The Morgan fingerprint density at radius 2 is 1.87 bits per heavy atom. The van der Waals surface area contributed by atoms with Crippen molar-refractivity contribution in [2.45, 2.75) is 13.5 Å². The van der Waals surface area contributed by atoms with Crippen molar-refractivity contribution in [1.82, 2.24) is 4.90 Å². The lowest BCUT2D eigenvalue weighted by molar-refractivity contribution is -0.114. The molecule has 3 aromatic carbocycles. The molecule has 0 aromatic heterocycles. The van der Waals surface area contributed by atoms with Crippen LogP contribution in [0.1, 0.15) is 23.6 Å². The number of hydrogen-bond donors (Lipinski definition) is 1. The first-order valence-electron chi connectivity index (χ1n) is 12.0. The molecule has 0 fully saturated rings. The van der Waals surface area contributed by atoms with Gasteiger partial charge in [0.1, 0.15) is 12.4 Å². The van der Waals surface area contributed by atoms with Crippen LogP contribution in [0.4, 0.5) is 0 Å². The van der Waals surface area contributed by atoms with E-state index in [0.717, 1.165) is 22.6 Å². The lowest BCUT2D eigenvalue weighted by Crippen LogP contribution is -2.38. The zero-order valence-electron chi connectivity index (χ0n) is 20.5. The summed E-state index contributed by atoms with van der Waals surface area (Å²) >= 11 is 1.34. The van der Waals surface area contributed by atoms with E-state index in [1.165, 1.54) is 11.8 Å². The fraction of sp³-hybridized carbons (Fsp3) is 0.138. The van der Waals surface area contributed by atoms with Crippen LogP contribution in [0.3, 0.4) is 0 Å². The topological polar surface area (TPSA) is 93.4 Å². The van der Waals surface area contributed by atoms with E-state index in [2.05, 4.69) is 4.99 Å². The van der Waals surface area contributed by atoms with Gasteiger partial charge in [0.2, 0.25) is 6.79 Å². The maximum Gasteiger partial charge on any atom is 0.283 e. The fourth-order valence-electron chi connectivity index (χ4n) is 4.27. The summed E-state index contributed by atoms with van der Waals surface area (Å²) in [6, 6.07) is 20.9. The third-order valence-electron chi connectivity index (χ3n) is 6.09. The molecule has 3 aliphatic rings. The third kappa shape index (κ3) is 4.52. The molecule has 0 unspecified atom stereocenters. The second kappa shape index (κ2) is 10.1. The number of amides is 1. The van der Waals surface area contributed by atoms with E-state index in [-0.39, 0.29) is 18.2 Å². The lowest BCUT2D eigenvalue weighted by Gasteiger charge is -2.27. The number of rotatable bonds is 7. The smallest absolute Gasteiger partial charge is 0.283 e. The van der Waals surface area contributed by atoms with Crippen LogP contribution in [0.2, 0.25) is 0 Å². The summed E-state index contributed by atoms with van der Waals surface area (Å²) in [4.78, 5) is 18.8. The van der Waals surface area contributed by atoms with Crippen LogP contribution in [0, 0.1) is 5.41 Å². The molecule has 3 aromatic rings. The summed E-state index contributed by atoms with van der Waals surface area (Å²) < 4.78 is 22.7. The Bertz CT molecular complexity index is 1530. The zero-order chi connectivity index (χ0) is 26.1. The Labute approximate surface area is 223 Å². The molecule has 3 aliphatic heterocycles. The first kappa shape index (κ1) is 23.9. The number of nitrogens with zero attached hydrogens (tertiary/aromatic N) is 2. The van der Waals surface area contributed by atoms with Crippen molar-refractivity contribution >= 4 is 40.4 Å². The van der Waals surface area contributed by atoms with Gasteiger partial charge in [0.05, 0.1) is 17.9 Å². The number of carbonyl (C=O) groups is 1. The van der Waals surface area contributed by atoms with Crippen LogP contribution < -0.4 is 18.9 Å². The number of nitrogens with one attached hydrogen (secondary N) is 1. The average molecular weight is 526 g/mol. The number of fused-ring (bicyclic) bond motifs is 2. The Kier molecular flexibility index (Phi) is 6.35. The SMILES string of the molecule is CCOc1cc(/C=C2/C(=N)N3C(c4ccccc4)=CSC3=NC2=O)ccc1OCc1ccc2c(c1)OCO2. The van der Waals surface area contributed by atoms with Crippen LogP contribution in [-0.4, -0.2) is 35.2 Å². The average Bonchev–Trinajstić information content (AvgIpc) is 3.58. The standard InChI is InChI=1S/C29H23N3O5S/c1-2-34-25-13-18(8-10-23(25)35-15-19-9-11-24-26(14-19)37-17-36-24)12-21-27(30)32-22(20-6-4-3-5-7-20)16-38-29(32)31-28(21)33/h3-14,16,30H,2,15,17H2,1H3/b21-12-,30-27?. The van der Waals surface area contributed by atoms with Gasteiger partial charge in [-0.25, -0.2) is 0 Å². The number of ether oxygens (including phenoxy) is 4. The number of amidine groups is 2. The number of hydrogen-bond acceptors (Lipinski definition) is 7. The van der Waals surface area contributed by atoms with E-state index in [9.17, 15) is 4.79 Å². The highest BCUT2D eigenvalue weighted by Gasteiger charge is 2.36. The molecule has 0 saturated carbocycles. The molecule has 6 rings (SSSR count). The van der Waals surface area contributed by atoms with Gasteiger partial charge >= 0.3 is 0 Å². The van der Waals surface area contributed by atoms with Crippen molar-refractivity contribution in [2.24, 2.45) is 4.99 Å². The predicted octanol–water partition coefficient (Wildman–Crippen LogP) is 5.70. The summed E-state index contributed by atoms with van der Waals surface area (Å²) in [7, 11) is 0. The summed E-state index contributed by atoms with van der Waals surface area (Å²) in [5.41, 5.74) is 3.61. The minimum atomic E-state index is -0.447. The van der Waals surface area contributed by atoms with E-state index >= 15 is 0 Å². The molecule has 1 N–H and O–H groups in total. The first-order chi connectivity index (χ1) is 18.6. The summed E-state index contributed by atoms with van der Waals surface area (Å²) in [6.45, 7) is 2.88. The minimum Gasteiger partial charge on any atom is -0.490 e. The van der Waals surface area contributed by atoms with Gasteiger partial charge in [-0.05, 0) is 54.0 Å². The van der Waals surface area contributed by atoms with Crippen molar-refractivity contribution in [3.05, 3.63) is 94.4 Å². The number of aliphatic imine (C=N–C) groups is 1. The maximum atomic E-state index is 12.9. The van der Waals surface area contributed by atoms with Gasteiger partial charge in [0, 0.05) is 5.41 Å². The highest BCUT2D eigenvalue weighted by Crippen LogP contribution is 2.38. The summed E-state index contributed by atoms with van der Waals surface area (Å²) in [6.07, 6.45) is 1.67. The molecule has 9 heteroatoms. The molecule has 190 valence electrons. The molecule has 0 saturated heterocycles. The van der Waals surface area contributed by atoms with Gasteiger partial charge < -0.3 is 18.9 Å². The monoisotopic (exact) mass is 525 g/mol. The Morgan fingerprint density at radius 3 is 2.71 bits per heavy atom. The van der Waals surface area contributed by atoms with Crippen molar-refractivity contribution in [3.63, 3.8) is 0 Å². The highest BCUT2D eigenvalue weighted by molar-refractivity contribution is 8.17. The largest absolute Gasteiger partial charge is 0.490 e. The molecule has 38 heavy (non-hydrogen) atoms. The quantitative estimate of drug-likeness (QED) is 0.396. The zero-order valence-corrected chi connectivity index (χ0v) is 21.3. The number of benzene rings is 3. The Morgan fingerprint density at radius 1 is 1.03 bits per heavy atom. The fourth-order valence-corrected chi connectivity index (χ4v) is 5.16. The van der Waals surface area contributed by atoms with Gasteiger partial charge in [-0.1, -0.05) is 54.2 Å². The van der Waals surface area contributed by atoms with Crippen molar-refractivity contribution in [3.8, 4) is 23.0 Å². The van der Waals surface area contributed by atoms with Crippen molar-refractivity contribution in [2.75, 3.05) is 13.4 Å². The molecule has 0 atom stereocenters. The van der Waals surface area contributed by atoms with Gasteiger partial charge in [0.25, 0.3) is 5.91 Å². The normalized spacial score (nSPS) is 16.9. The molecule has 0 radical (unpaired) electrons. The van der Waals surface area contributed by atoms with E-state index in [4.69, 9.17) is 24.4 Å². The van der Waals surface area contributed by atoms with Gasteiger partial charge in [-0.15, -0.1) is 0 Å². The molecule has 0 aliphatic carbocycles. The second-order valence-electron chi connectivity index (χ2n) is 8.54. The Balaban J connectivity index is 1.25. The van der Waals surface area contributed by atoms with Crippen molar-refractivity contribution < 1.29 is 23.7 Å². The molecular formula is C29H23N3O5S. The van der Waals surface area contributed by atoms with Gasteiger partial charge in [-0.2, -0.15) is 4.99 Å². The lowest BCUT2D eigenvalue weighted by atomic mass is 10.1. The third-order valence-corrected chi connectivity index (χ3v) is 6.92. The van der Waals surface area contributed by atoms with Crippen LogP contribution in [-0.2, 0) is 11.4 Å². The van der Waals surface area contributed by atoms with E-state index < -0.39 is 5.91 Å². The molecule has 1 amide bonds. The number of carbonyl (C=O) groups excluding carboxylic acids is 1. The first-order valence-corrected chi connectivity index (χ1v) is 12.9. The maximum absolute atomic E-state index is 12.9. The van der Waals surface area contributed by atoms with Gasteiger partial charge in [0.15, 0.2) is 28.2 Å². The molecule has 0 spiro atoms. The molecule has 3 heterocycles. The summed E-state index contributed by atoms with van der Waals surface area (Å²) in [5, 5.41) is 11.3. The van der Waals surface area contributed by atoms with Crippen LogP contribution in [0.15, 0.2) is 82.7 Å². The second-order valence-corrected chi connectivity index (χ2v) is 9.38. The van der Waals surface area contributed by atoms with E-state index in [1.807, 2.05) is 66.9 Å². The molecular weight excluding hydrogens is 502 g/mol. The van der Waals surface area contributed by atoms with Crippen LogP contribution in [0.5, 0.6) is 23.0 Å².